The molecule has 2 rings (SSSR count). The lowest BCUT2D eigenvalue weighted by atomic mass is 10.0. The quantitative estimate of drug-likeness (QED) is 0.852. The third-order valence-corrected chi connectivity index (χ3v) is 3.87. The summed E-state index contributed by atoms with van der Waals surface area (Å²) >= 11 is 0. The Balaban J connectivity index is 1.84. The molecule has 1 heterocycles. The predicted molar refractivity (Wildman–Crippen MR) is 77.8 cm³/mol. The van der Waals surface area contributed by atoms with Crippen molar-refractivity contribution in [1.82, 2.24) is 10.6 Å². The Kier molecular flexibility index (Phi) is 4.95. The average Bonchev–Trinajstić information content (AvgIpc) is 2.91. The lowest BCUT2D eigenvalue weighted by Gasteiger charge is -2.23. The van der Waals surface area contributed by atoms with Crippen molar-refractivity contribution in [3.8, 4) is 6.07 Å². The fourth-order valence-corrected chi connectivity index (χ4v) is 2.82. The van der Waals surface area contributed by atoms with Gasteiger partial charge in [0.1, 0.15) is 0 Å². The molecule has 0 bridgehead atoms. The molecule has 2 N–H and O–H groups in total. The summed E-state index contributed by atoms with van der Waals surface area (Å²) in [6.07, 6.45) is 3.79. The zero-order chi connectivity index (χ0) is 13.7. The molecule has 102 valence electrons. The van der Waals surface area contributed by atoms with E-state index in [1.165, 1.54) is 31.4 Å². The number of nitrogens with zero attached hydrogens (tertiary/aromatic N) is 1. The van der Waals surface area contributed by atoms with Crippen LogP contribution < -0.4 is 10.6 Å². The highest BCUT2D eigenvalue weighted by atomic mass is 15.0. The highest BCUT2D eigenvalue weighted by Gasteiger charge is 2.18. The van der Waals surface area contributed by atoms with E-state index in [1.54, 1.807) is 0 Å². The Bertz CT molecular complexity index is 426. The summed E-state index contributed by atoms with van der Waals surface area (Å²) in [5, 5.41) is 16.0. The van der Waals surface area contributed by atoms with Crippen LogP contribution in [0.2, 0.25) is 0 Å². The van der Waals surface area contributed by atoms with E-state index in [0.717, 1.165) is 5.56 Å². The minimum absolute atomic E-state index is 0.323. The lowest BCUT2D eigenvalue weighted by Crippen LogP contribution is -2.35. The molecule has 1 fully saturated rings. The largest absolute Gasteiger partial charge is 0.314 e. The van der Waals surface area contributed by atoms with Gasteiger partial charge in [0.25, 0.3) is 0 Å². The van der Waals surface area contributed by atoms with Gasteiger partial charge in [-0.05, 0) is 57.4 Å². The zero-order valence-electron chi connectivity index (χ0n) is 11.8. The number of hydrogen-bond acceptors (Lipinski definition) is 3. The Morgan fingerprint density at radius 3 is 2.68 bits per heavy atom. The number of hydrogen-bond donors (Lipinski definition) is 2. The van der Waals surface area contributed by atoms with Gasteiger partial charge in [-0.3, -0.25) is 0 Å². The Hall–Kier alpha value is -1.37. The molecule has 3 nitrogen and oxygen atoms in total. The average molecular weight is 257 g/mol. The van der Waals surface area contributed by atoms with Gasteiger partial charge in [0.05, 0.1) is 11.6 Å². The maximum Gasteiger partial charge on any atom is 0.0991 e. The first kappa shape index (κ1) is 14.0. The van der Waals surface area contributed by atoms with Gasteiger partial charge in [-0.1, -0.05) is 12.1 Å². The molecule has 1 aliphatic rings. The number of nitrogens with one attached hydrogen (secondary N) is 2. The van der Waals surface area contributed by atoms with Crippen LogP contribution in [0.3, 0.4) is 0 Å². The van der Waals surface area contributed by atoms with Crippen LogP contribution in [-0.4, -0.2) is 18.6 Å². The highest BCUT2D eigenvalue weighted by Crippen LogP contribution is 2.16. The van der Waals surface area contributed by atoms with Crippen LogP contribution in [0.5, 0.6) is 0 Å². The zero-order valence-corrected chi connectivity index (χ0v) is 11.8. The molecule has 0 amide bonds. The SMILES string of the molecule is CC(CC1CCCN1)NC(C)c1ccc(C#N)cc1. The Morgan fingerprint density at radius 1 is 1.37 bits per heavy atom. The van der Waals surface area contributed by atoms with Crippen molar-refractivity contribution in [2.75, 3.05) is 6.54 Å². The van der Waals surface area contributed by atoms with Gasteiger partial charge < -0.3 is 10.6 Å². The molecule has 1 aromatic rings. The third kappa shape index (κ3) is 4.05. The van der Waals surface area contributed by atoms with Crippen LogP contribution in [0.25, 0.3) is 0 Å². The van der Waals surface area contributed by atoms with Crippen LogP contribution in [-0.2, 0) is 0 Å². The first-order chi connectivity index (χ1) is 9.19. The second-order valence-corrected chi connectivity index (χ2v) is 5.55. The van der Waals surface area contributed by atoms with Crippen molar-refractivity contribution < 1.29 is 0 Å². The first-order valence-corrected chi connectivity index (χ1v) is 7.18. The summed E-state index contributed by atoms with van der Waals surface area (Å²) in [7, 11) is 0. The van der Waals surface area contributed by atoms with Crippen LogP contribution in [0.4, 0.5) is 0 Å². The van der Waals surface area contributed by atoms with E-state index in [-0.39, 0.29) is 0 Å². The van der Waals surface area contributed by atoms with Gasteiger partial charge in [0.2, 0.25) is 0 Å². The van der Waals surface area contributed by atoms with Crippen LogP contribution in [0.1, 0.15) is 50.3 Å². The van der Waals surface area contributed by atoms with Gasteiger partial charge in [0.15, 0.2) is 0 Å². The van der Waals surface area contributed by atoms with Gasteiger partial charge in [-0.2, -0.15) is 5.26 Å². The van der Waals surface area contributed by atoms with Crippen LogP contribution in [0, 0.1) is 11.3 Å². The van der Waals surface area contributed by atoms with E-state index in [9.17, 15) is 0 Å². The maximum absolute atomic E-state index is 8.80. The molecule has 3 atom stereocenters. The number of nitriles is 1. The van der Waals surface area contributed by atoms with E-state index in [1.807, 2.05) is 24.3 Å². The molecule has 0 saturated carbocycles. The molecule has 0 spiro atoms. The number of rotatable bonds is 5. The minimum atomic E-state index is 0.323. The van der Waals surface area contributed by atoms with E-state index < -0.39 is 0 Å². The standard InChI is InChI=1S/C16H23N3/c1-12(10-16-4-3-9-18-16)19-13(2)15-7-5-14(11-17)6-8-15/h5-8,12-13,16,18-19H,3-4,9-10H2,1-2H3. The van der Waals surface area contributed by atoms with Crippen molar-refractivity contribution >= 4 is 0 Å². The Labute approximate surface area is 116 Å². The first-order valence-electron chi connectivity index (χ1n) is 7.18. The summed E-state index contributed by atoms with van der Waals surface area (Å²) in [6, 6.07) is 11.5. The lowest BCUT2D eigenvalue weighted by molar-refractivity contribution is 0.407. The predicted octanol–water partition coefficient (Wildman–Crippen LogP) is 2.74. The van der Waals surface area contributed by atoms with Gasteiger partial charge >= 0.3 is 0 Å². The summed E-state index contributed by atoms with van der Waals surface area (Å²) in [5.41, 5.74) is 1.96. The fourth-order valence-electron chi connectivity index (χ4n) is 2.82. The van der Waals surface area contributed by atoms with Gasteiger partial charge in [-0.25, -0.2) is 0 Å². The van der Waals surface area contributed by atoms with Gasteiger partial charge in [-0.15, -0.1) is 0 Å². The summed E-state index contributed by atoms with van der Waals surface area (Å²) in [5.74, 6) is 0. The normalized spacial score (nSPS) is 21.8. The van der Waals surface area contributed by atoms with Crippen molar-refractivity contribution in [1.29, 1.82) is 5.26 Å². The highest BCUT2D eigenvalue weighted by molar-refractivity contribution is 5.32. The van der Waals surface area contributed by atoms with Crippen LogP contribution >= 0.6 is 0 Å². The molecule has 19 heavy (non-hydrogen) atoms. The van der Waals surface area contributed by atoms with Crippen LogP contribution in [0.15, 0.2) is 24.3 Å². The molecule has 0 aliphatic carbocycles. The number of benzene rings is 1. The van der Waals surface area contributed by atoms with Crippen molar-refractivity contribution in [3.05, 3.63) is 35.4 Å². The fraction of sp³-hybridized carbons (Fsp3) is 0.562. The summed E-state index contributed by atoms with van der Waals surface area (Å²) in [4.78, 5) is 0. The Morgan fingerprint density at radius 2 is 2.11 bits per heavy atom. The molecule has 0 radical (unpaired) electrons. The summed E-state index contributed by atoms with van der Waals surface area (Å²) in [6.45, 7) is 5.60. The molecule has 1 saturated heterocycles. The molecule has 0 aromatic heterocycles. The smallest absolute Gasteiger partial charge is 0.0991 e. The molecule has 1 aromatic carbocycles. The molecule has 3 unspecified atom stereocenters. The monoisotopic (exact) mass is 257 g/mol. The van der Waals surface area contributed by atoms with E-state index >= 15 is 0 Å². The van der Waals surface area contributed by atoms with E-state index in [4.69, 9.17) is 5.26 Å². The maximum atomic E-state index is 8.80. The molecule has 3 heteroatoms. The topological polar surface area (TPSA) is 47.8 Å². The van der Waals surface area contributed by atoms with Crippen molar-refractivity contribution in [2.24, 2.45) is 0 Å². The summed E-state index contributed by atoms with van der Waals surface area (Å²) < 4.78 is 0. The molecule has 1 aliphatic heterocycles. The molecular formula is C16H23N3. The third-order valence-electron chi connectivity index (χ3n) is 3.87. The molecular weight excluding hydrogens is 234 g/mol. The van der Waals surface area contributed by atoms with Crippen molar-refractivity contribution in [3.63, 3.8) is 0 Å². The second kappa shape index (κ2) is 6.70. The second-order valence-electron chi connectivity index (χ2n) is 5.55. The van der Waals surface area contributed by atoms with E-state index in [0.29, 0.717) is 18.1 Å². The minimum Gasteiger partial charge on any atom is -0.314 e. The van der Waals surface area contributed by atoms with E-state index in [2.05, 4.69) is 30.6 Å². The van der Waals surface area contributed by atoms with Gasteiger partial charge in [0, 0.05) is 18.1 Å². The van der Waals surface area contributed by atoms with Crippen molar-refractivity contribution in [2.45, 2.75) is 51.2 Å².